The lowest BCUT2D eigenvalue weighted by Gasteiger charge is -2.43. The lowest BCUT2D eigenvalue weighted by atomic mass is 9.76. The Bertz CT molecular complexity index is 860. The molecule has 1 aliphatic rings. The molecule has 0 aliphatic carbocycles. The average Bonchev–Trinajstić information content (AvgIpc) is 3.19. The van der Waals surface area contributed by atoms with Gasteiger partial charge in [0.1, 0.15) is 6.07 Å². The van der Waals surface area contributed by atoms with Crippen molar-refractivity contribution >= 4 is 17.2 Å². The van der Waals surface area contributed by atoms with Crippen LogP contribution in [-0.2, 0) is 10.3 Å². The standard InChI is InChI=1S/C19H22N4OS.C3H8.C2H6/c1-13(21)23-19(3,10-18(2)11-24-12-18)17-5-16(9-25-17)15-4-14(6-20)7-22-8-15;1-3-2;1-2/h4-5,7-9H,10-12H2,1-3H3,(H2,21,23);3H2,1-2H3;1-2H3. The molecule has 0 saturated carbocycles. The zero-order valence-electron chi connectivity index (χ0n) is 19.5. The number of aliphatic imine (C=N–C) groups is 1. The van der Waals surface area contributed by atoms with E-state index in [1.54, 1.807) is 23.7 Å². The van der Waals surface area contributed by atoms with Crippen LogP contribution in [0.2, 0.25) is 0 Å². The molecular formula is C24H36N4OS. The van der Waals surface area contributed by atoms with Gasteiger partial charge in [0, 0.05) is 28.2 Å². The summed E-state index contributed by atoms with van der Waals surface area (Å²) in [4.78, 5) is 10.1. The SMILES string of the molecule is CC.CC(N)=NC(C)(CC1(C)COC1)c1cc(-c2cncc(C#N)c2)cs1.CCC. The summed E-state index contributed by atoms with van der Waals surface area (Å²) in [7, 11) is 0. The molecule has 1 atom stereocenters. The Labute approximate surface area is 186 Å². The van der Waals surface area contributed by atoms with Crippen LogP contribution in [0.4, 0.5) is 0 Å². The van der Waals surface area contributed by atoms with Gasteiger partial charge < -0.3 is 10.5 Å². The molecule has 6 heteroatoms. The monoisotopic (exact) mass is 428 g/mol. The fraction of sp³-hybridized carbons (Fsp3) is 0.542. The third-order valence-corrected chi connectivity index (χ3v) is 5.61. The smallest absolute Gasteiger partial charge is 0.101 e. The number of rotatable bonds is 5. The molecule has 1 saturated heterocycles. The normalized spacial score (nSPS) is 16.5. The highest BCUT2D eigenvalue weighted by Crippen LogP contribution is 2.45. The summed E-state index contributed by atoms with van der Waals surface area (Å²) in [5, 5.41) is 11.2. The van der Waals surface area contributed by atoms with Gasteiger partial charge >= 0.3 is 0 Å². The molecule has 0 bridgehead atoms. The van der Waals surface area contributed by atoms with Gasteiger partial charge in [-0.25, -0.2) is 0 Å². The highest BCUT2D eigenvalue weighted by Gasteiger charge is 2.42. The van der Waals surface area contributed by atoms with Crippen LogP contribution in [0.3, 0.4) is 0 Å². The number of pyridine rings is 1. The van der Waals surface area contributed by atoms with Gasteiger partial charge in [0.2, 0.25) is 0 Å². The fourth-order valence-corrected chi connectivity index (χ4v) is 4.41. The van der Waals surface area contributed by atoms with Crippen molar-refractivity contribution in [2.75, 3.05) is 13.2 Å². The quantitative estimate of drug-likeness (QED) is 0.457. The second kappa shape index (κ2) is 11.8. The molecule has 0 spiro atoms. The van der Waals surface area contributed by atoms with Crippen LogP contribution in [0.1, 0.15) is 71.7 Å². The second-order valence-electron chi connectivity index (χ2n) is 7.99. The molecule has 3 rings (SSSR count). The molecule has 1 unspecified atom stereocenters. The maximum Gasteiger partial charge on any atom is 0.101 e. The molecule has 5 nitrogen and oxygen atoms in total. The van der Waals surface area contributed by atoms with Gasteiger partial charge in [-0.3, -0.25) is 9.98 Å². The number of aromatic nitrogens is 1. The minimum Gasteiger partial charge on any atom is -0.388 e. The van der Waals surface area contributed by atoms with Crippen molar-refractivity contribution in [2.24, 2.45) is 16.1 Å². The zero-order chi connectivity index (χ0) is 22.8. The topological polar surface area (TPSA) is 84.3 Å². The Morgan fingerprint density at radius 3 is 2.43 bits per heavy atom. The largest absolute Gasteiger partial charge is 0.388 e. The maximum atomic E-state index is 9.07. The van der Waals surface area contributed by atoms with Crippen molar-refractivity contribution in [2.45, 2.75) is 66.8 Å². The zero-order valence-corrected chi connectivity index (χ0v) is 20.3. The number of hydrogen-bond acceptors (Lipinski definition) is 5. The first-order valence-corrected chi connectivity index (χ1v) is 11.5. The van der Waals surface area contributed by atoms with E-state index in [0.29, 0.717) is 11.4 Å². The average molecular weight is 429 g/mol. The minimum atomic E-state index is -0.388. The van der Waals surface area contributed by atoms with E-state index in [9.17, 15) is 0 Å². The number of thiophene rings is 1. The summed E-state index contributed by atoms with van der Waals surface area (Å²) in [6.45, 7) is 16.0. The van der Waals surface area contributed by atoms with E-state index < -0.39 is 0 Å². The molecule has 1 aliphatic heterocycles. The fourth-order valence-electron chi connectivity index (χ4n) is 3.38. The number of nitrogens with zero attached hydrogens (tertiary/aromatic N) is 3. The van der Waals surface area contributed by atoms with Crippen LogP contribution in [0.5, 0.6) is 0 Å². The van der Waals surface area contributed by atoms with Crippen LogP contribution >= 0.6 is 11.3 Å². The summed E-state index contributed by atoms with van der Waals surface area (Å²) in [5.41, 5.74) is 8.21. The maximum absolute atomic E-state index is 9.07. The van der Waals surface area contributed by atoms with E-state index in [1.807, 2.05) is 26.8 Å². The van der Waals surface area contributed by atoms with E-state index in [2.05, 4.69) is 50.2 Å². The molecule has 30 heavy (non-hydrogen) atoms. The Hall–Kier alpha value is -2.23. The van der Waals surface area contributed by atoms with Gasteiger partial charge in [-0.15, -0.1) is 11.3 Å². The predicted octanol–water partition coefficient (Wildman–Crippen LogP) is 6.14. The van der Waals surface area contributed by atoms with Crippen molar-refractivity contribution in [1.82, 2.24) is 4.98 Å². The molecule has 2 aromatic heterocycles. The number of nitriles is 1. The first-order valence-electron chi connectivity index (χ1n) is 10.6. The Kier molecular flexibility index (Phi) is 10.2. The molecule has 0 radical (unpaired) electrons. The van der Waals surface area contributed by atoms with E-state index in [-0.39, 0.29) is 11.0 Å². The molecule has 3 heterocycles. The molecule has 0 aromatic carbocycles. The van der Waals surface area contributed by atoms with Crippen LogP contribution < -0.4 is 5.73 Å². The minimum absolute atomic E-state index is 0.125. The van der Waals surface area contributed by atoms with E-state index in [4.69, 9.17) is 20.7 Å². The second-order valence-corrected chi connectivity index (χ2v) is 8.90. The van der Waals surface area contributed by atoms with E-state index in [1.165, 1.54) is 6.42 Å². The number of hydrogen-bond donors (Lipinski definition) is 1. The van der Waals surface area contributed by atoms with Gasteiger partial charge in [-0.1, -0.05) is 41.0 Å². The van der Waals surface area contributed by atoms with Crippen molar-refractivity contribution in [3.05, 3.63) is 40.3 Å². The van der Waals surface area contributed by atoms with Crippen LogP contribution in [-0.4, -0.2) is 24.0 Å². The van der Waals surface area contributed by atoms with Gasteiger partial charge in [0.15, 0.2) is 0 Å². The third-order valence-electron chi connectivity index (χ3n) is 4.43. The van der Waals surface area contributed by atoms with Crippen LogP contribution in [0.15, 0.2) is 34.9 Å². The lowest BCUT2D eigenvalue weighted by molar-refractivity contribution is -0.114. The first-order chi connectivity index (χ1) is 14.2. The van der Waals surface area contributed by atoms with Crippen molar-refractivity contribution in [3.63, 3.8) is 0 Å². The molecule has 2 N–H and O–H groups in total. The van der Waals surface area contributed by atoms with E-state index >= 15 is 0 Å². The van der Waals surface area contributed by atoms with Gasteiger partial charge in [0.25, 0.3) is 0 Å². The molecular weight excluding hydrogens is 392 g/mol. The summed E-state index contributed by atoms with van der Waals surface area (Å²) in [6, 6.07) is 6.13. The van der Waals surface area contributed by atoms with Crippen molar-refractivity contribution in [3.8, 4) is 17.2 Å². The summed E-state index contributed by atoms with van der Waals surface area (Å²) in [5.74, 6) is 0.578. The van der Waals surface area contributed by atoms with Crippen LogP contribution in [0, 0.1) is 16.7 Å². The predicted molar refractivity (Wildman–Crippen MR) is 128 cm³/mol. The Morgan fingerprint density at radius 1 is 1.30 bits per heavy atom. The Morgan fingerprint density at radius 2 is 1.93 bits per heavy atom. The highest BCUT2D eigenvalue weighted by atomic mass is 32.1. The molecule has 164 valence electrons. The molecule has 1 fully saturated rings. The first kappa shape index (κ1) is 25.8. The summed E-state index contributed by atoms with van der Waals surface area (Å²) < 4.78 is 5.41. The van der Waals surface area contributed by atoms with Gasteiger partial charge in [-0.05, 0) is 43.3 Å². The van der Waals surface area contributed by atoms with Crippen LogP contribution in [0.25, 0.3) is 11.1 Å². The third kappa shape index (κ3) is 6.93. The molecule has 2 aromatic rings. The highest BCUT2D eigenvalue weighted by molar-refractivity contribution is 7.10. The number of nitrogens with two attached hydrogens (primary N) is 1. The van der Waals surface area contributed by atoms with Crippen molar-refractivity contribution in [1.29, 1.82) is 5.26 Å². The van der Waals surface area contributed by atoms with Gasteiger partial charge in [-0.2, -0.15) is 5.26 Å². The van der Waals surface area contributed by atoms with Gasteiger partial charge in [0.05, 0.1) is 30.2 Å². The van der Waals surface area contributed by atoms with E-state index in [0.717, 1.165) is 35.6 Å². The Balaban J connectivity index is 0.000000826. The summed E-state index contributed by atoms with van der Waals surface area (Å²) in [6.07, 6.45) is 5.48. The summed E-state index contributed by atoms with van der Waals surface area (Å²) >= 11 is 1.67. The number of ether oxygens (including phenoxy) is 1. The molecule has 0 amide bonds. The number of amidine groups is 1. The lowest BCUT2D eigenvalue weighted by Crippen LogP contribution is -2.44. The van der Waals surface area contributed by atoms with Crippen molar-refractivity contribution < 1.29 is 4.74 Å².